The van der Waals surface area contributed by atoms with Crippen molar-refractivity contribution >= 4 is 11.0 Å². The van der Waals surface area contributed by atoms with Crippen LogP contribution in [0.25, 0.3) is 22.1 Å². The summed E-state index contributed by atoms with van der Waals surface area (Å²) in [6, 6.07) is 9.31. The summed E-state index contributed by atoms with van der Waals surface area (Å²) in [5.74, 6) is 2.12. The molecule has 5 heteroatoms. The van der Waals surface area contributed by atoms with Crippen molar-refractivity contribution in [1.29, 1.82) is 0 Å². The Hall–Kier alpha value is -3.21. The van der Waals surface area contributed by atoms with Gasteiger partial charge in [0.2, 0.25) is 5.43 Å². The molecule has 2 aromatic carbocycles. The summed E-state index contributed by atoms with van der Waals surface area (Å²) in [7, 11) is 0. The van der Waals surface area contributed by atoms with Crippen LogP contribution in [0.2, 0.25) is 0 Å². The molecule has 31 heavy (non-hydrogen) atoms. The minimum Gasteiger partial charge on any atom is -0.490 e. The van der Waals surface area contributed by atoms with Crippen LogP contribution in [-0.2, 0) is 6.42 Å². The summed E-state index contributed by atoms with van der Waals surface area (Å²) in [5, 5.41) is 0.558. The molecule has 3 aromatic rings. The molecule has 0 aliphatic carbocycles. The van der Waals surface area contributed by atoms with E-state index in [0.29, 0.717) is 47.9 Å². The summed E-state index contributed by atoms with van der Waals surface area (Å²) in [6.45, 7) is 7.90. The molecule has 0 fully saturated rings. The maximum absolute atomic E-state index is 13.4. The van der Waals surface area contributed by atoms with Gasteiger partial charge in [0.25, 0.3) is 0 Å². The zero-order valence-electron chi connectivity index (χ0n) is 18.3. The number of benzene rings is 2. The molecule has 5 nitrogen and oxygen atoms in total. The normalized spacial score (nSPS) is 13.0. The summed E-state index contributed by atoms with van der Waals surface area (Å²) < 4.78 is 23.3. The molecule has 0 saturated heterocycles. The van der Waals surface area contributed by atoms with Crippen LogP contribution in [0.4, 0.5) is 0 Å². The highest BCUT2D eigenvalue weighted by atomic mass is 16.5. The molecule has 0 atom stereocenters. The van der Waals surface area contributed by atoms with Crippen molar-refractivity contribution in [2.45, 2.75) is 40.0 Å². The number of aryl methyl sites for hydroxylation is 1. The van der Waals surface area contributed by atoms with Crippen molar-refractivity contribution in [3.05, 3.63) is 64.0 Å². The molecule has 1 aliphatic rings. The minimum absolute atomic E-state index is 0.0658. The summed E-state index contributed by atoms with van der Waals surface area (Å²) in [4.78, 5) is 13.4. The zero-order valence-corrected chi connectivity index (χ0v) is 18.3. The van der Waals surface area contributed by atoms with Gasteiger partial charge >= 0.3 is 0 Å². The molecule has 2 heterocycles. The molecule has 0 N–H and O–H groups in total. The lowest BCUT2D eigenvalue weighted by Gasteiger charge is -2.12. The van der Waals surface area contributed by atoms with E-state index >= 15 is 0 Å². The van der Waals surface area contributed by atoms with Gasteiger partial charge in [0.05, 0.1) is 24.2 Å². The highest BCUT2D eigenvalue weighted by Crippen LogP contribution is 2.34. The Kier molecular flexibility index (Phi) is 6.31. The second-order valence-electron chi connectivity index (χ2n) is 7.99. The molecule has 0 unspecified atom stereocenters. The van der Waals surface area contributed by atoms with Gasteiger partial charge < -0.3 is 18.6 Å². The number of ether oxygens (including phenoxy) is 3. The molecule has 0 saturated carbocycles. The van der Waals surface area contributed by atoms with Crippen LogP contribution in [0, 0.1) is 0 Å². The summed E-state index contributed by atoms with van der Waals surface area (Å²) in [6.07, 6.45) is 6.17. The van der Waals surface area contributed by atoms with E-state index in [-0.39, 0.29) is 5.43 Å². The standard InChI is InChI=1S/C26H28O5/c1-4-6-19-13-20-24(15-23(19)30-12-9-17(2)3)31-16-21(26(20)27)18-7-8-22-25(14-18)29-11-5-10-28-22/h7-9,13-16H,4-6,10-12H2,1-3H3. The van der Waals surface area contributed by atoms with Gasteiger partial charge in [0.1, 0.15) is 24.2 Å². The molecular formula is C26H28O5. The van der Waals surface area contributed by atoms with Crippen molar-refractivity contribution < 1.29 is 18.6 Å². The molecule has 1 aromatic heterocycles. The first-order chi connectivity index (χ1) is 15.1. The number of hydrogen-bond acceptors (Lipinski definition) is 5. The number of hydrogen-bond donors (Lipinski definition) is 0. The predicted octanol–water partition coefficient (Wildman–Crippen LogP) is 5.92. The lowest BCUT2D eigenvalue weighted by Crippen LogP contribution is -2.07. The Bertz CT molecular complexity index is 1170. The topological polar surface area (TPSA) is 57.9 Å². The fourth-order valence-electron chi connectivity index (χ4n) is 3.63. The van der Waals surface area contributed by atoms with Gasteiger partial charge in [0.15, 0.2) is 11.5 Å². The first-order valence-electron chi connectivity index (χ1n) is 10.8. The van der Waals surface area contributed by atoms with Crippen LogP contribution in [0.3, 0.4) is 0 Å². The maximum Gasteiger partial charge on any atom is 0.200 e. The van der Waals surface area contributed by atoms with Gasteiger partial charge in [-0.15, -0.1) is 0 Å². The molecule has 162 valence electrons. The SMILES string of the molecule is CCCc1cc2c(=O)c(-c3ccc4c(c3)OCCCO4)coc2cc1OCC=C(C)C. The van der Waals surface area contributed by atoms with Crippen LogP contribution in [-0.4, -0.2) is 19.8 Å². The van der Waals surface area contributed by atoms with Crippen LogP contribution < -0.4 is 19.6 Å². The fourth-order valence-corrected chi connectivity index (χ4v) is 3.63. The number of rotatable bonds is 6. The predicted molar refractivity (Wildman–Crippen MR) is 122 cm³/mol. The maximum atomic E-state index is 13.4. The zero-order chi connectivity index (χ0) is 21.8. The quantitative estimate of drug-likeness (QED) is 0.463. The summed E-state index contributed by atoms with van der Waals surface area (Å²) in [5.41, 5.74) is 3.92. The highest BCUT2D eigenvalue weighted by Gasteiger charge is 2.16. The average molecular weight is 421 g/mol. The molecule has 4 rings (SSSR count). The molecule has 0 amide bonds. The van der Waals surface area contributed by atoms with E-state index in [0.717, 1.165) is 36.1 Å². The smallest absolute Gasteiger partial charge is 0.200 e. The molecule has 0 bridgehead atoms. The van der Waals surface area contributed by atoms with E-state index in [1.807, 2.05) is 50.3 Å². The third kappa shape index (κ3) is 4.61. The third-order valence-electron chi connectivity index (χ3n) is 5.26. The molecule has 1 aliphatic heterocycles. The van der Waals surface area contributed by atoms with E-state index in [2.05, 4.69) is 6.92 Å². The van der Waals surface area contributed by atoms with Crippen molar-refractivity contribution in [1.82, 2.24) is 0 Å². The van der Waals surface area contributed by atoms with Gasteiger partial charge in [-0.1, -0.05) is 25.0 Å². The third-order valence-corrected chi connectivity index (χ3v) is 5.26. The van der Waals surface area contributed by atoms with Gasteiger partial charge in [0, 0.05) is 12.5 Å². The van der Waals surface area contributed by atoms with E-state index in [1.54, 1.807) is 0 Å². The Morgan fingerprint density at radius 1 is 1.10 bits per heavy atom. The Balaban J connectivity index is 1.75. The molecule has 0 radical (unpaired) electrons. The number of allylic oxidation sites excluding steroid dienone is 1. The van der Waals surface area contributed by atoms with Crippen LogP contribution in [0.1, 0.15) is 39.2 Å². The van der Waals surface area contributed by atoms with Crippen molar-refractivity contribution in [3.63, 3.8) is 0 Å². The van der Waals surface area contributed by atoms with Gasteiger partial charge in [-0.2, -0.15) is 0 Å². The second-order valence-corrected chi connectivity index (χ2v) is 7.99. The van der Waals surface area contributed by atoms with Crippen molar-refractivity contribution in [2.24, 2.45) is 0 Å². The fraction of sp³-hybridized carbons (Fsp3) is 0.346. The molecular weight excluding hydrogens is 392 g/mol. The van der Waals surface area contributed by atoms with E-state index in [4.69, 9.17) is 18.6 Å². The lowest BCUT2D eigenvalue weighted by atomic mass is 10.0. The van der Waals surface area contributed by atoms with Gasteiger partial charge in [-0.25, -0.2) is 0 Å². The highest BCUT2D eigenvalue weighted by molar-refractivity contribution is 5.84. The monoisotopic (exact) mass is 420 g/mol. The van der Waals surface area contributed by atoms with Crippen LogP contribution >= 0.6 is 0 Å². The largest absolute Gasteiger partial charge is 0.490 e. The van der Waals surface area contributed by atoms with Gasteiger partial charge in [-0.05, 0) is 55.7 Å². The Labute approximate surface area is 182 Å². The lowest BCUT2D eigenvalue weighted by molar-refractivity contribution is 0.297. The Morgan fingerprint density at radius 3 is 2.68 bits per heavy atom. The van der Waals surface area contributed by atoms with Gasteiger partial charge in [-0.3, -0.25) is 4.79 Å². The second kappa shape index (κ2) is 9.29. The first kappa shape index (κ1) is 21.0. The van der Waals surface area contributed by atoms with E-state index in [9.17, 15) is 4.79 Å². The molecule has 0 spiro atoms. The van der Waals surface area contributed by atoms with E-state index < -0.39 is 0 Å². The van der Waals surface area contributed by atoms with Crippen LogP contribution in [0.15, 0.2) is 57.5 Å². The average Bonchev–Trinajstić information content (AvgIpc) is 2.99. The Morgan fingerprint density at radius 2 is 1.90 bits per heavy atom. The van der Waals surface area contributed by atoms with Crippen LogP contribution in [0.5, 0.6) is 17.2 Å². The van der Waals surface area contributed by atoms with E-state index in [1.165, 1.54) is 11.8 Å². The van der Waals surface area contributed by atoms with Crippen molar-refractivity contribution in [3.8, 4) is 28.4 Å². The minimum atomic E-state index is -0.0658. The first-order valence-corrected chi connectivity index (χ1v) is 10.8. The number of fused-ring (bicyclic) bond motifs is 2. The summed E-state index contributed by atoms with van der Waals surface area (Å²) >= 11 is 0. The van der Waals surface area contributed by atoms with Crippen molar-refractivity contribution in [2.75, 3.05) is 19.8 Å².